The molecule has 1 aromatic heterocycles. The monoisotopic (exact) mass is 364 g/mol. The zero-order valence-electron chi connectivity index (χ0n) is 14.3. The second-order valence-corrected chi connectivity index (χ2v) is 6.91. The van der Waals surface area contributed by atoms with Gasteiger partial charge in [-0.3, -0.25) is 0 Å². The third kappa shape index (κ3) is 11.5. The molecule has 0 aliphatic carbocycles. The largest absolute Gasteiger partial charge is 0.463 e. The molecule has 1 rings (SSSR count). The number of thioether (sulfide) groups is 1. The number of rotatable bonds is 13. The van der Waals surface area contributed by atoms with E-state index in [4.69, 9.17) is 4.74 Å². The van der Waals surface area contributed by atoms with Gasteiger partial charge in [-0.25, -0.2) is 9.97 Å². The van der Waals surface area contributed by atoms with Gasteiger partial charge in [0.25, 0.3) is 0 Å². The highest BCUT2D eigenvalue weighted by Crippen LogP contribution is 2.25. The van der Waals surface area contributed by atoms with Crippen molar-refractivity contribution in [2.45, 2.75) is 75.8 Å². The Labute approximate surface area is 146 Å². The zero-order valence-corrected chi connectivity index (χ0v) is 15.1. The molecule has 7 heteroatoms. The first-order valence-electron chi connectivity index (χ1n) is 8.65. The highest BCUT2D eigenvalue weighted by Gasteiger charge is 2.26. The van der Waals surface area contributed by atoms with Crippen LogP contribution in [0.2, 0.25) is 0 Å². The summed E-state index contributed by atoms with van der Waals surface area (Å²) in [5.41, 5.74) is 0. The Morgan fingerprint density at radius 1 is 0.958 bits per heavy atom. The molecule has 0 fully saturated rings. The summed E-state index contributed by atoms with van der Waals surface area (Å²) < 4.78 is 41.6. The number of halogens is 3. The summed E-state index contributed by atoms with van der Waals surface area (Å²) in [5, 5.41) is 0. The molecule has 138 valence electrons. The number of nitrogens with zero attached hydrogens (tertiary/aromatic N) is 2. The summed E-state index contributed by atoms with van der Waals surface area (Å²) in [4.78, 5) is 8.68. The fourth-order valence-corrected chi connectivity index (χ4v) is 2.96. The van der Waals surface area contributed by atoms with E-state index in [1.165, 1.54) is 50.9 Å². The second kappa shape index (κ2) is 12.4. The molecule has 24 heavy (non-hydrogen) atoms. The minimum Gasteiger partial charge on any atom is -0.463 e. The lowest BCUT2D eigenvalue weighted by Crippen LogP contribution is -2.08. The van der Waals surface area contributed by atoms with Gasteiger partial charge in [0, 0.05) is 23.0 Å². The summed E-state index contributed by atoms with van der Waals surface area (Å²) >= 11 is 1.10. The molecule has 0 atom stereocenters. The van der Waals surface area contributed by atoms with Crippen LogP contribution in [0.4, 0.5) is 13.2 Å². The number of unbranched alkanes of at least 4 members (excludes halogenated alkanes) is 7. The van der Waals surface area contributed by atoms with Gasteiger partial charge >= 0.3 is 12.2 Å². The third-order valence-electron chi connectivity index (χ3n) is 3.49. The van der Waals surface area contributed by atoms with Gasteiger partial charge in [0.05, 0.1) is 13.0 Å². The SMILES string of the molecule is CCCCCCCCCCOc1ncc(SCCC(F)(F)F)cn1. The molecule has 0 unspecified atom stereocenters. The van der Waals surface area contributed by atoms with Crippen LogP contribution in [0.25, 0.3) is 0 Å². The van der Waals surface area contributed by atoms with E-state index in [1.807, 2.05) is 0 Å². The molecular formula is C17H27F3N2OS. The first-order chi connectivity index (χ1) is 11.5. The molecule has 0 saturated heterocycles. The maximum Gasteiger partial charge on any atom is 0.389 e. The number of ether oxygens (including phenoxy) is 1. The van der Waals surface area contributed by atoms with Crippen molar-refractivity contribution in [3.05, 3.63) is 12.4 Å². The van der Waals surface area contributed by atoms with Crippen molar-refractivity contribution in [1.82, 2.24) is 9.97 Å². The lowest BCUT2D eigenvalue weighted by atomic mass is 10.1. The van der Waals surface area contributed by atoms with Crippen LogP contribution in [0.5, 0.6) is 6.01 Å². The molecule has 0 aliphatic heterocycles. The van der Waals surface area contributed by atoms with Crippen LogP contribution < -0.4 is 4.74 Å². The van der Waals surface area contributed by atoms with Gasteiger partial charge in [-0.05, 0) is 6.42 Å². The maximum atomic E-state index is 12.1. The first-order valence-corrected chi connectivity index (χ1v) is 9.64. The molecular weight excluding hydrogens is 337 g/mol. The molecule has 0 radical (unpaired) electrons. The Kier molecular flexibility index (Phi) is 10.9. The Bertz CT molecular complexity index is 427. The van der Waals surface area contributed by atoms with Gasteiger partial charge in [0.2, 0.25) is 0 Å². The van der Waals surface area contributed by atoms with Crippen molar-refractivity contribution in [1.29, 1.82) is 0 Å². The molecule has 0 bridgehead atoms. The van der Waals surface area contributed by atoms with Crippen molar-refractivity contribution >= 4 is 11.8 Å². The van der Waals surface area contributed by atoms with E-state index >= 15 is 0 Å². The maximum absolute atomic E-state index is 12.1. The Morgan fingerprint density at radius 2 is 1.54 bits per heavy atom. The molecule has 0 N–H and O–H groups in total. The Morgan fingerprint density at radius 3 is 2.12 bits per heavy atom. The zero-order chi connectivity index (χ0) is 17.7. The predicted octanol–water partition coefficient (Wildman–Crippen LogP) is 6.04. The molecule has 3 nitrogen and oxygen atoms in total. The van der Waals surface area contributed by atoms with Gasteiger partial charge in [-0.1, -0.05) is 51.9 Å². The predicted molar refractivity (Wildman–Crippen MR) is 91.5 cm³/mol. The van der Waals surface area contributed by atoms with Crippen molar-refractivity contribution in [3.63, 3.8) is 0 Å². The highest BCUT2D eigenvalue weighted by atomic mass is 32.2. The van der Waals surface area contributed by atoms with E-state index in [2.05, 4.69) is 16.9 Å². The highest BCUT2D eigenvalue weighted by molar-refractivity contribution is 7.99. The van der Waals surface area contributed by atoms with Crippen LogP contribution in [0.15, 0.2) is 17.3 Å². The van der Waals surface area contributed by atoms with E-state index in [0.717, 1.165) is 24.6 Å². The summed E-state index contributed by atoms with van der Waals surface area (Å²) in [6, 6.07) is 0.290. The molecule has 1 heterocycles. The van der Waals surface area contributed by atoms with Crippen LogP contribution in [0.3, 0.4) is 0 Å². The lowest BCUT2D eigenvalue weighted by molar-refractivity contribution is -0.129. The standard InChI is InChI=1S/C17H27F3N2OS/c1-2-3-4-5-6-7-8-9-11-23-16-21-13-15(14-22-16)24-12-10-17(18,19)20/h13-14H,2-12H2,1H3. The normalized spacial score (nSPS) is 11.7. The molecule has 1 aromatic rings. The fourth-order valence-electron chi connectivity index (χ4n) is 2.14. The molecule has 0 amide bonds. The van der Waals surface area contributed by atoms with Crippen molar-refractivity contribution in [2.24, 2.45) is 0 Å². The first kappa shape index (κ1) is 21.1. The third-order valence-corrected chi connectivity index (χ3v) is 4.44. The molecule has 0 saturated carbocycles. The van der Waals surface area contributed by atoms with Crippen LogP contribution in [0.1, 0.15) is 64.7 Å². The summed E-state index contributed by atoms with van der Waals surface area (Å²) in [5.74, 6) is -0.0225. The van der Waals surface area contributed by atoms with E-state index in [1.54, 1.807) is 0 Å². The minimum absolute atomic E-state index is 0.0225. The van der Waals surface area contributed by atoms with Crippen LogP contribution >= 0.6 is 11.8 Å². The van der Waals surface area contributed by atoms with Gasteiger partial charge in [-0.15, -0.1) is 11.8 Å². The lowest BCUT2D eigenvalue weighted by Gasteiger charge is -2.06. The van der Waals surface area contributed by atoms with E-state index in [9.17, 15) is 13.2 Å². The second-order valence-electron chi connectivity index (χ2n) is 5.74. The van der Waals surface area contributed by atoms with Gasteiger partial charge in [0.1, 0.15) is 0 Å². The molecule has 0 aliphatic rings. The fraction of sp³-hybridized carbons (Fsp3) is 0.765. The van der Waals surface area contributed by atoms with Crippen molar-refractivity contribution in [2.75, 3.05) is 12.4 Å². The summed E-state index contributed by atoms with van der Waals surface area (Å²) in [7, 11) is 0. The summed E-state index contributed by atoms with van der Waals surface area (Å²) in [6.07, 6.45) is 7.94. The number of hydrogen-bond donors (Lipinski definition) is 0. The topological polar surface area (TPSA) is 35.0 Å². The Hall–Kier alpha value is -0.980. The Balaban J connectivity index is 2.06. The van der Waals surface area contributed by atoms with E-state index in [-0.39, 0.29) is 11.8 Å². The molecule has 0 spiro atoms. The van der Waals surface area contributed by atoms with Crippen molar-refractivity contribution < 1.29 is 17.9 Å². The minimum atomic E-state index is -4.12. The summed E-state index contributed by atoms with van der Waals surface area (Å²) in [6.45, 7) is 2.79. The average Bonchev–Trinajstić information content (AvgIpc) is 2.53. The number of alkyl halides is 3. The van der Waals surface area contributed by atoms with Crippen LogP contribution in [0, 0.1) is 0 Å². The quantitative estimate of drug-likeness (QED) is 0.316. The van der Waals surface area contributed by atoms with Crippen LogP contribution in [-0.4, -0.2) is 28.5 Å². The van der Waals surface area contributed by atoms with Crippen molar-refractivity contribution in [3.8, 4) is 6.01 Å². The smallest absolute Gasteiger partial charge is 0.389 e. The number of hydrogen-bond acceptors (Lipinski definition) is 4. The van der Waals surface area contributed by atoms with Gasteiger partial charge in [-0.2, -0.15) is 13.2 Å². The number of aromatic nitrogens is 2. The average molecular weight is 364 g/mol. The van der Waals surface area contributed by atoms with Crippen LogP contribution in [-0.2, 0) is 0 Å². The molecule has 0 aromatic carbocycles. The van der Waals surface area contributed by atoms with E-state index in [0.29, 0.717) is 11.5 Å². The van der Waals surface area contributed by atoms with E-state index < -0.39 is 12.6 Å². The van der Waals surface area contributed by atoms with Gasteiger partial charge in [0.15, 0.2) is 0 Å². The van der Waals surface area contributed by atoms with Gasteiger partial charge < -0.3 is 4.74 Å².